The molecule has 0 spiro atoms. The zero-order valence-corrected chi connectivity index (χ0v) is 36.1. The highest BCUT2D eigenvalue weighted by Gasteiger charge is 2.44. The Morgan fingerprint density at radius 2 is 0.924 bits per heavy atom. The van der Waals surface area contributed by atoms with Gasteiger partial charge in [0.1, 0.15) is 0 Å². The average Bonchev–Trinajstić information content (AvgIpc) is 3.72. The van der Waals surface area contributed by atoms with Crippen LogP contribution < -0.4 is 15.8 Å². The summed E-state index contributed by atoms with van der Waals surface area (Å²) in [5.74, 6) is -0.0945. The van der Waals surface area contributed by atoms with E-state index in [0.29, 0.717) is 0 Å². The van der Waals surface area contributed by atoms with Gasteiger partial charge in [-0.25, -0.2) is 0 Å². The number of hydrogen-bond donors (Lipinski definition) is 0. The fourth-order valence-corrected chi connectivity index (χ4v) is 11.6. The fraction of sp³-hybridized carbons (Fsp3) is 0.0159. The molecule has 0 aliphatic carbocycles. The van der Waals surface area contributed by atoms with E-state index in [1.807, 2.05) is 0 Å². The summed E-state index contributed by atoms with van der Waals surface area (Å²) in [6.07, 6.45) is 0. The molecule has 0 fully saturated rings. The zero-order chi connectivity index (χ0) is 43.3. The van der Waals surface area contributed by atoms with Crippen LogP contribution >= 0.6 is 0 Å². The van der Waals surface area contributed by atoms with Crippen LogP contribution in [-0.4, -0.2) is 11.3 Å². The third-order valence-corrected chi connectivity index (χ3v) is 14.4. The first-order valence-corrected chi connectivity index (χ1v) is 23.1. The number of aromatic nitrogens is 1. The first kappa shape index (κ1) is 37.0. The van der Waals surface area contributed by atoms with Gasteiger partial charge in [-0.3, -0.25) is 0 Å². The molecule has 2 aliphatic heterocycles. The van der Waals surface area contributed by atoms with E-state index < -0.39 is 0 Å². The van der Waals surface area contributed by atoms with Crippen molar-refractivity contribution >= 4 is 78.2 Å². The van der Waals surface area contributed by atoms with Crippen molar-refractivity contribution in [2.75, 3.05) is 4.90 Å². The molecule has 0 saturated heterocycles. The predicted molar refractivity (Wildman–Crippen MR) is 280 cm³/mol. The van der Waals surface area contributed by atoms with E-state index in [0.717, 1.165) is 17.1 Å². The summed E-state index contributed by atoms with van der Waals surface area (Å²) >= 11 is 0. The topological polar surface area (TPSA) is 8.17 Å². The van der Waals surface area contributed by atoms with Gasteiger partial charge in [0.05, 0.1) is 0 Å². The molecular formula is C63H41BN2. The third-order valence-electron chi connectivity index (χ3n) is 14.4. The van der Waals surface area contributed by atoms with Crippen LogP contribution in [0.4, 0.5) is 17.1 Å². The molecule has 306 valence electrons. The molecule has 3 heteroatoms. The first-order valence-electron chi connectivity index (χ1n) is 23.1. The van der Waals surface area contributed by atoms with Gasteiger partial charge in [-0.1, -0.05) is 182 Å². The van der Waals surface area contributed by atoms with E-state index in [1.54, 1.807) is 0 Å². The molecule has 0 N–H and O–H groups in total. The first-order chi connectivity index (χ1) is 32.7. The molecule has 12 aromatic rings. The number of fused-ring (bicyclic) bond motifs is 9. The molecule has 2 aliphatic rings. The number of anilines is 3. The van der Waals surface area contributed by atoms with Gasteiger partial charge in [-0.15, -0.1) is 0 Å². The average molecular weight is 837 g/mol. The van der Waals surface area contributed by atoms with Crippen molar-refractivity contribution in [2.24, 2.45) is 0 Å². The summed E-state index contributed by atoms with van der Waals surface area (Å²) in [6.45, 7) is -0.0590. The van der Waals surface area contributed by atoms with E-state index in [9.17, 15) is 0 Å². The highest BCUT2D eigenvalue weighted by Crippen LogP contribution is 2.48. The Balaban J connectivity index is 1.15. The minimum atomic E-state index is -0.0945. The highest BCUT2D eigenvalue weighted by molar-refractivity contribution is 6.88. The lowest BCUT2D eigenvalue weighted by Crippen LogP contribution is -2.57. The van der Waals surface area contributed by atoms with Crippen LogP contribution in [0.25, 0.3) is 76.7 Å². The second kappa shape index (κ2) is 14.6. The lowest BCUT2D eigenvalue weighted by molar-refractivity contribution is 0.984. The number of hydrogen-bond acceptors (Lipinski definition) is 1. The van der Waals surface area contributed by atoms with Crippen molar-refractivity contribution in [1.29, 1.82) is 0 Å². The van der Waals surface area contributed by atoms with Gasteiger partial charge >= 0.3 is 6.85 Å². The summed E-state index contributed by atoms with van der Waals surface area (Å²) in [5, 5.41) is 7.62. The molecule has 2 nitrogen and oxygen atoms in total. The van der Waals surface area contributed by atoms with Crippen molar-refractivity contribution < 1.29 is 0 Å². The van der Waals surface area contributed by atoms with Crippen molar-refractivity contribution in [1.82, 2.24) is 4.48 Å². The Morgan fingerprint density at radius 1 is 0.364 bits per heavy atom. The maximum absolute atomic E-state index is 2.69. The fourth-order valence-electron chi connectivity index (χ4n) is 11.6. The maximum Gasteiger partial charge on any atom is 0.329 e. The lowest BCUT2D eigenvalue weighted by atomic mass is 9.41. The Hall–Kier alpha value is -8.40. The van der Waals surface area contributed by atoms with Gasteiger partial charge in [-0.05, 0) is 138 Å². The van der Waals surface area contributed by atoms with Crippen molar-refractivity contribution in [3.8, 4) is 33.4 Å². The van der Waals surface area contributed by atoms with Crippen LogP contribution in [0.2, 0.25) is 0 Å². The smallest absolute Gasteiger partial charge is 0.329 e. The summed E-state index contributed by atoms with van der Waals surface area (Å²) < 4.78 is 2.69. The normalized spacial score (nSPS) is 13.6. The second-order valence-electron chi connectivity index (χ2n) is 18.0. The molecule has 66 heavy (non-hydrogen) atoms. The molecule has 11 aromatic carbocycles. The van der Waals surface area contributed by atoms with Crippen LogP contribution in [0.5, 0.6) is 0 Å². The molecule has 3 heterocycles. The maximum atomic E-state index is 2.69. The van der Waals surface area contributed by atoms with Crippen LogP contribution in [0.1, 0.15) is 22.6 Å². The molecule has 1 atom stereocenters. The molecule has 14 rings (SSSR count). The van der Waals surface area contributed by atoms with Gasteiger partial charge in [0.2, 0.25) is 0 Å². The minimum Gasteiger partial charge on any atom is -0.375 e. The largest absolute Gasteiger partial charge is 0.375 e. The monoisotopic (exact) mass is 836 g/mol. The quantitative estimate of drug-likeness (QED) is 0.120. The Labute approximate surface area is 384 Å². The van der Waals surface area contributed by atoms with Gasteiger partial charge < -0.3 is 9.38 Å². The van der Waals surface area contributed by atoms with Gasteiger partial charge in [0.15, 0.2) is 0 Å². The lowest BCUT2D eigenvalue weighted by Gasteiger charge is -2.40. The number of benzene rings is 11. The van der Waals surface area contributed by atoms with Crippen molar-refractivity contribution in [3.63, 3.8) is 0 Å². The van der Waals surface area contributed by atoms with E-state index in [-0.39, 0.29) is 12.8 Å². The summed E-state index contributed by atoms with van der Waals surface area (Å²) in [5.41, 5.74) is 20.1. The second-order valence-corrected chi connectivity index (χ2v) is 18.0. The van der Waals surface area contributed by atoms with Gasteiger partial charge in [0.25, 0.3) is 0 Å². The number of para-hydroxylation sites is 4. The Bertz CT molecular complexity index is 3780. The third kappa shape index (κ3) is 5.63. The summed E-state index contributed by atoms with van der Waals surface area (Å²) in [4.78, 5) is 2.45. The molecule has 1 unspecified atom stereocenters. The SMILES string of the molecule is c1ccc(-c2cc(-c3ccccc3)cc(C3c4cc5cc6ccccc6cc5cc4B4c5c(cc(N(c6ccccc6)c6ccccc6)cc53)-c3cccc5c6ccccc6n4c35)c2)cc1. The van der Waals surface area contributed by atoms with E-state index in [1.165, 1.54) is 104 Å². The molecule has 1 aromatic heterocycles. The zero-order valence-electron chi connectivity index (χ0n) is 36.1. The molecule has 0 bridgehead atoms. The van der Waals surface area contributed by atoms with E-state index >= 15 is 0 Å². The van der Waals surface area contributed by atoms with E-state index in [2.05, 4.69) is 252 Å². The predicted octanol–water partition coefficient (Wildman–Crippen LogP) is 15.0. The van der Waals surface area contributed by atoms with Crippen LogP contribution in [0.15, 0.2) is 243 Å². The standard InChI is InChI=1S/C63H41BN2/c1-5-18-41(19-6-1)45-34-46(42-20-7-2-8-21-42)36-49(35-45)61-57-37-47-32-43-22-13-14-23-44(43)33-48(47)38-59(57)64-62-56(55-30-17-29-54-53-28-15-16-31-60(53)66(64)63(54)55)39-52(40-58(61)62)65(50-24-9-3-10-25-50)51-26-11-4-12-27-51/h1-40,61H. The van der Waals surface area contributed by atoms with Crippen LogP contribution in [0, 0.1) is 0 Å². The molecule has 0 radical (unpaired) electrons. The van der Waals surface area contributed by atoms with Crippen molar-refractivity contribution in [3.05, 3.63) is 259 Å². The molecule has 0 saturated carbocycles. The summed E-state index contributed by atoms with van der Waals surface area (Å²) in [6, 6.07) is 90.7. The highest BCUT2D eigenvalue weighted by atomic mass is 15.1. The van der Waals surface area contributed by atoms with E-state index in [4.69, 9.17) is 0 Å². The Morgan fingerprint density at radius 3 is 1.58 bits per heavy atom. The van der Waals surface area contributed by atoms with Crippen LogP contribution in [0.3, 0.4) is 0 Å². The van der Waals surface area contributed by atoms with Gasteiger partial charge in [0, 0.05) is 50.3 Å². The number of rotatable bonds is 6. The molecule has 0 amide bonds. The minimum absolute atomic E-state index is 0.0590. The summed E-state index contributed by atoms with van der Waals surface area (Å²) in [7, 11) is 0. The van der Waals surface area contributed by atoms with Crippen LogP contribution in [-0.2, 0) is 0 Å². The van der Waals surface area contributed by atoms with Crippen molar-refractivity contribution in [2.45, 2.75) is 5.92 Å². The Kier molecular flexibility index (Phi) is 8.17. The molecular weight excluding hydrogens is 796 g/mol. The number of nitrogens with zero attached hydrogens (tertiary/aromatic N) is 2. The van der Waals surface area contributed by atoms with Gasteiger partial charge in [-0.2, -0.15) is 0 Å².